The van der Waals surface area contributed by atoms with Crippen LogP contribution in [0, 0.1) is 12.8 Å². The lowest BCUT2D eigenvalue weighted by Crippen LogP contribution is -2.45. The molecular formula is C23H40IN5. The summed E-state index contributed by atoms with van der Waals surface area (Å²) in [6.45, 7) is 11.3. The monoisotopic (exact) mass is 513 g/mol. The maximum absolute atomic E-state index is 4.40. The number of guanidine groups is 1. The molecule has 0 radical (unpaired) electrons. The van der Waals surface area contributed by atoms with Gasteiger partial charge in [0.15, 0.2) is 5.96 Å². The average molecular weight is 514 g/mol. The molecule has 0 bridgehead atoms. The van der Waals surface area contributed by atoms with E-state index in [-0.39, 0.29) is 24.0 Å². The summed E-state index contributed by atoms with van der Waals surface area (Å²) in [7, 11) is 1.88. The van der Waals surface area contributed by atoms with E-state index in [1.54, 1.807) is 0 Å². The molecule has 164 valence electrons. The number of rotatable bonds is 7. The number of likely N-dealkylation sites (tertiary alicyclic amines) is 2. The van der Waals surface area contributed by atoms with Crippen molar-refractivity contribution in [2.75, 3.05) is 52.9 Å². The highest BCUT2D eigenvalue weighted by molar-refractivity contribution is 14.0. The van der Waals surface area contributed by atoms with Gasteiger partial charge in [0.05, 0.1) is 0 Å². The first-order valence-corrected chi connectivity index (χ1v) is 11.2. The van der Waals surface area contributed by atoms with E-state index >= 15 is 0 Å². The van der Waals surface area contributed by atoms with Crippen LogP contribution in [0.15, 0.2) is 29.3 Å². The van der Waals surface area contributed by atoms with E-state index in [4.69, 9.17) is 0 Å². The van der Waals surface area contributed by atoms with E-state index in [0.717, 1.165) is 38.1 Å². The topological polar surface area (TPSA) is 42.9 Å². The summed E-state index contributed by atoms with van der Waals surface area (Å²) in [6, 6.07) is 8.97. The van der Waals surface area contributed by atoms with Gasteiger partial charge in [-0.2, -0.15) is 0 Å². The maximum atomic E-state index is 4.40. The Bertz CT molecular complexity index is 590. The molecule has 0 aliphatic carbocycles. The summed E-state index contributed by atoms with van der Waals surface area (Å²) >= 11 is 0. The van der Waals surface area contributed by atoms with E-state index in [2.05, 4.69) is 56.6 Å². The highest BCUT2D eigenvalue weighted by Crippen LogP contribution is 2.18. The maximum Gasteiger partial charge on any atom is 0.191 e. The van der Waals surface area contributed by atoms with Crippen molar-refractivity contribution in [3.8, 4) is 0 Å². The third-order valence-electron chi connectivity index (χ3n) is 6.18. The smallest absolute Gasteiger partial charge is 0.191 e. The SMILES string of the molecule is CN=C(NCCN1CCCCC1)NCC1CCN(Cc2ccc(C)cc2)CC1.I. The molecule has 2 aliphatic heterocycles. The van der Waals surface area contributed by atoms with E-state index in [0.29, 0.717) is 0 Å². The lowest BCUT2D eigenvalue weighted by Gasteiger charge is -2.32. The van der Waals surface area contributed by atoms with Crippen molar-refractivity contribution in [3.05, 3.63) is 35.4 Å². The van der Waals surface area contributed by atoms with Crippen molar-refractivity contribution in [3.63, 3.8) is 0 Å². The third kappa shape index (κ3) is 8.80. The minimum atomic E-state index is 0. The zero-order valence-corrected chi connectivity index (χ0v) is 20.7. The van der Waals surface area contributed by atoms with Gasteiger partial charge in [-0.1, -0.05) is 36.2 Å². The number of benzene rings is 1. The molecule has 1 aromatic carbocycles. The molecule has 2 N–H and O–H groups in total. The number of piperidine rings is 2. The fourth-order valence-corrected chi connectivity index (χ4v) is 4.28. The second kappa shape index (κ2) is 13.4. The van der Waals surface area contributed by atoms with Gasteiger partial charge in [0.2, 0.25) is 0 Å². The van der Waals surface area contributed by atoms with Gasteiger partial charge in [-0.25, -0.2) is 0 Å². The minimum Gasteiger partial charge on any atom is -0.356 e. The minimum absolute atomic E-state index is 0. The van der Waals surface area contributed by atoms with E-state index in [1.807, 2.05) is 7.05 Å². The predicted molar refractivity (Wildman–Crippen MR) is 134 cm³/mol. The molecule has 2 saturated heterocycles. The van der Waals surface area contributed by atoms with Crippen LogP contribution < -0.4 is 10.6 Å². The first-order valence-electron chi connectivity index (χ1n) is 11.2. The highest BCUT2D eigenvalue weighted by Gasteiger charge is 2.19. The van der Waals surface area contributed by atoms with Crippen molar-refractivity contribution in [2.45, 2.75) is 45.6 Å². The summed E-state index contributed by atoms with van der Waals surface area (Å²) in [5.41, 5.74) is 2.77. The number of hydrogen-bond donors (Lipinski definition) is 2. The van der Waals surface area contributed by atoms with Gasteiger partial charge in [0, 0.05) is 33.2 Å². The summed E-state index contributed by atoms with van der Waals surface area (Å²) in [5.74, 6) is 1.70. The standard InChI is InChI=1S/C23H39N5.HI/c1-20-6-8-22(9-7-20)19-28-15-10-21(11-16-28)18-26-23(24-2)25-12-17-27-13-4-3-5-14-27;/h6-9,21H,3-5,10-19H2,1-2H3,(H2,24,25,26);1H. The van der Waals surface area contributed by atoms with Gasteiger partial charge in [0.25, 0.3) is 0 Å². The number of nitrogens with zero attached hydrogens (tertiary/aromatic N) is 3. The second-order valence-electron chi connectivity index (χ2n) is 8.49. The molecular weight excluding hydrogens is 473 g/mol. The van der Waals surface area contributed by atoms with E-state index < -0.39 is 0 Å². The Hall–Kier alpha value is -0.860. The molecule has 0 saturated carbocycles. The second-order valence-corrected chi connectivity index (χ2v) is 8.49. The van der Waals surface area contributed by atoms with Crippen LogP contribution in [0.3, 0.4) is 0 Å². The lowest BCUT2D eigenvalue weighted by atomic mass is 9.96. The molecule has 0 amide bonds. The van der Waals surface area contributed by atoms with Gasteiger partial charge in [0.1, 0.15) is 0 Å². The van der Waals surface area contributed by atoms with Gasteiger partial charge in [-0.3, -0.25) is 9.89 Å². The lowest BCUT2D eigenvalue weighted by molar-refractivity contribution is 0.178. The molecule has 29 heavy (non-hydrogen) atoms. The number of halogens is 1. The van der Waals surface area contributed by atoms with Crippen LogP contribution in [0.2, 0.25) is 0 Å². The zero-order chi connectivity index (χ0) is 19.6. The molecule has 2 aliphatic rings. The fourth-order valence-electron chi connectivity index (χ4n) is 4.28. The first kappa shape index (κ1) is 24.4. The number of nitrogens with one attached hydrogen (secondary N) is 2. The van der Waals surface area contributed by atoms with Crippen molar-refractivity contribution in [1.82, 2.24) is 20.4 Å². The van der Waals surface area contributed by atoms with Crippen LogP contribution in [0.5, 0.6) is 0 Å². The Kier molecular flexibility index (Phi) is 11.3. The Morgan fingerprint density at radius 1 is 0.966 bits per heavy atom. The normalized spacial score (nSPS) is 19.6. The predicted octanol–water partition coefficient (Wildman–Crippen LogP) is 3.48. The Labute approximate surface area is 194 Å². The number of hydrogen-bond acceptors (Lipinski definition) is 3. The molecule has 2 fully saturated rings. The molecule has 0 spiro atoms. The molecule has 0 atom stereocenters. The van der Waals surface area contributed by atoms with Crippen molar-refractivity contribution >= 4 is 29.9 Å². The average Bonchev–Trinajstić information content (AvgIpc) is 2.74. The van der Waals surface area contributed by atoms with Crippen molar-refractivity contribution < 1.29 is 0 Å². The molecule has 2 heterocycles. The summed E-state index contributed by atoms with van der Waals surface area (Å²) in [4.78, 5) is 9.55. The van der Waals surface area contributed by atoms with Gasteiger partial charge < -0.3 is 15.5 Å². The van der Waals surface area contributed by atoms with Crippen molar-refractivity contribution in [2.24, 2.45) is 10.9 Å². The summed E-state index contributed by atoms with van der Waals surface area (Å²) < 4.78 is 0. The van der Waals surface area contributed by atoms with E-state index in [1.165, 1.54) is 69.4 Å². The molecule has 1 aromatic rings. The Balaban J connectivity index is 0.00000300. The third-order valence-corrected chi connectivity index (χ3v) is 6.18. The Morgan fingerprint density at radius 3 is 2.31 bits per heavy atom. The van der Waals surface area contributed by atoms with Crippen LogP contribution in [-0.2, 0) is 6.54 Å². The summed E-state index contributed by atoms with van der Waals surface area (Å²) in [5, 5.41) is 7.04. The van der Waals surface area contributed by atoms with Crippen LogP contribution >= 0.6 is 24.0 Å². The molecule has 0 aromatic heterocycles. The van der Waals surface area contributed by atoms with Gasteiger partial charge in [-0.15, -0.1) is 24.0 Å². The van der Waals surface area contributed by atoms with Crippen LogP contribution in [0.1, 0.15) is 43.2 Å². The molecule has 5 nitrogen and oxygen atoms in total. The highest BCUT2D eigenvalue weighted by atomic mass is 127. The number of aliphatic imine (C=N–C) groups is 1. The van der Waals surface area contributed by atoms with Crippen LogP contribution in [0.4, 0.5) is 0 Å². The molecule has 6 heteroatoms. The number of aryl methyl sites for hydroxylation is 1. The largest absolute Gasteiger partial charge is 0.356 e. The van der Waals surface area contributed by atoms with Crippen LogP contribution in [0.25, 0.3) is 0 Å². The van der Waals surface area contributed by atoms with Gasteiger partial charge in [-0.05, 0) is 70.3 Å². The van der Waals surface area contributed by atoms with Gasteiger partial charge >= 0.3 is 0 Å². The zero-order valence-electron chi connectivity index (χ0n) is 18.3. The fraction of sp³-hybridized carbons (Fsp3) is 0.696. The molecule has 0 unspecified atom stereocenters. The van der Waals surface area contributed by atoms with E-state index in [9.17, 15) is 0 Å². The first-order chi connectivity index (χ1) is 13.7. The quantitative estimate of drug-likeness (QED) is 0.333. The summed E-state index contributed by atoms with van der Waals surface area (Å²) in [6.07, 6.45) is 6.65. The van der Waals surface area contributed by atoms with Crippen molar-refractivity contribution in [1.29, 1.82) is 0 Å². The molecule has 3 rings (SSSR count). The van der Waals surface area contributed by atoms with Crippen LogP contribution in [-0.4, -0.2) is 68.6 Å². The Morgan fingerprint density at radius 2 is 1.66 bits per heavy atom.